The summed E-state index contributed by atoms with van der Waals surface area (Å²) < 4.78 is 5.25. The fourth-order valence-electron chi connectivity index (χ4n) is 3.39. The highest BCUT2D eigenvalue weighted by molar-refractivity contribution is 6.32. The first-order valence-corrected chi connectivity index (χ1v) is 9.54. The fraction of sp³-hybridized carbons (Fsp3) is 0.400. The maximum atomic E-state index is 12.6. The van der Waals surface area contributed by atoms with Crippen LogP contribution in [0.2, 0.25) is 5.02 Å². The SMILES string of the molecule is CCC1(CC)NC(=O)N(CC(=O)OCc2nc3ccccc3c(C)c2Cl)C1=O. The first kappa shape index (κ1) is 20.1. The van der Waals surface area contributed by atoms with Gasteiger partial charge < -0.3 is 10.1 Å². The van der Waals surface area contributed by atoms with Crippen LogP contribution in [0.1, 0.15) is 37.9 Å². The third-order valence-corrected chi connectivity index (χ3v) is 5.76. The van der Waals surface area contributed by atoms with Gasteiger partial charge in [0.05, 0.1) is 16.2 Å². The highest BCUT2D eigenvalue weighted by Gasteiger charge is 2.49. The van der Waals surface area contributed by atoms with Crippen LogP contribution in [0.15, 0.2) is 24.3 Å². The van der Waals surface area contributed by atoms with Crippen molar-refractivity contribution in [2.24, 2.45) is 0 Å². The van der Waals surface area contributed by atoms with E-state index in [2.05, 4.69) is 10.3 Å². The molecule has 1 fully saturated rings. The molecule has 0 spiro atoms. The zero-order chi connectivity index (χ0) is 20.5. The van der Waals surface area contributed by atoms with E-state index in [-0.39, 0.29) is 6.61 Å². The molecule has 0 bridgehead atoms. The topological polar surface area (TPSA) is 88.6 Å². The van der Waals surface area contributed by atoms with E-state index >= 15 is 0 Å². The van der Waals surface area contributed by atoms with Crippen LogP contribution in [0, 0.1) is 6.92 Å². The van der Waals surface area contributed by atoms with Gasteiger partial charge in [-0.05, 0) is 31.4 Å². The fourth-order valence-corrected chi connectivity index (χ4v) is 3.58. The molecule has 1 aliphatic heterocycles. The Bertz CT molecular complexity index is 956. The minimum atomic E-state index is -0.947. The van der Waals surface area contributed by atoms with Gasteiger partial charge in [-0.15, -0.1) is 0 Å². The number of hydrogen-bond acceptors (Lipinski definition) is 5. The molecule has 0 aliphatic carbocycles. The molecule has 3 amide bonds. The lowest BCUT2D eigenvalue weighted by atomic mass is 9.93. The second-order valence-electron chi connectivity index (χ2n) is 6.79. The number of fused-ring (bicyclic) bond motifs is 1. The molecule has 1 aliphatic rings. The van der Waals surface area contributed by atoms with E-state index in [0.29, 0.717) is 23.6 Å². The number of benzene rings is 1. The van der Waals surface area contributed by atoms with E-state index in [1.54, 1.807) is 0 Å². The van der Waals surface area contributed by atoms with E-state index < -0.39 is 30.0 Å². The van der Waals surface area contributed by atoms with Gasteiger partial charge in [-0.25, -0.2) is 9.78 Å². The third kappa shape index (κ3) is 3.42. The molecular formula is C20H22ClN3O4. The Hall–Kier alpha value is -2.67. The lowest BCUT2D eigenvalue weighted by Crippen LogP contribution is -2.46. The molecule has 1 N–H and O–H groups in total. The van der Waals surface area contributed by atoms with Crippen molar-refractivity contribution >= 4 is 40.4 Å². The van der Waals surface area contributed by atoms with Gasteiger partial charge in [0.25, 0.3) is 5.91 Å². The number of ether oxygens (including phenoxy) is 1. The Labute approximate surface area is 168 Å². The molecule has 0 unspecified atom stereocenters. The van der Waals surface area contributed by atoms with Crippen LogP contribution >= 0.6 is 11.6 Å². The van der Waals surface area contributed by atoms with E-state index in [0.717, 1.165) is 21.4 Å². The summed E-state index contributed by atoms with van der Waals surface area (Å²) in [5, 5.41) is 4.04. The lowest BCUT2D eigenvalue weighted by Gasteiger charge is -2.22. The Balaban J connectivity index is 1.70. The summed E-state index contributed by atoms with van der Waals surface area (Å²) in [6, 6.07) is 6.96. The van der Waals surface area contributed by atoms with Crippen molar-refractivity contribution in [3.05, 3.63) is 40.5 Å². The molecule has 0 atom stereocenters. The van der Waals surface area contributed by atoms with E-state index in [1.807, 2.05) is 45.0 Å². The predicted octanol–water partition coefficient (Wildman–Crippen LogP) is 3.35. The van der Waals surface area contributed by atoms with Gasteiger partial charge in [0.2, 0.25) is 0 Å². The van der Waals surface area contributed by atoms with Crippen molar-refractivity contribution in [2.45, 2.75) is 45.8 Å². The smallest absolute Gasteiger partial charge is 0.326 e. The number of aromatic nitrogens is 1. The van der Waals surface area contributed by atoms with Gasteiger partial charge in [0.15, 0.2) is 0 Å². The van der Waals surface area contributed by atoms with Gasteiger partial charge in [-0.2, -0.15) is 0 Å². The van der Waals surface area contributed by atoms with Crippen molar-refractivity contribution in [1.29, 1.82) is 0 Å². The third-order valence-electron chi connectivity index (χ3n) is 5.26. The number of nitrogens with one attached hydrogen (secondary N) is 1. The Morgan fingerprint density at radius 2 is 1.93 bits per heavy atom. The number of urea groups is 1. The summed E-state index contributed by atoms with van der Waals surface area (Å²) >= 11 is 6.36. The number of esters is 1. The van der Waals surface area contributed by atoms with Crippen molar-refractivity contribution in [3.63, 3.8) is 0 Å². The number of imide groups is 1. The summed E-state index contributed by atoms with van der Waals surface area (Å²) in [6.07, 6.45) is 0.908. The summed E-state index contributed by atoms with van der Waals surface area (Å²) in [5.74, 6) is -1.10. The van der Waals surface area contributed by atoms with Crippen LogP contribution in [0.5, 0.6) is 0 Å². The molecule has 1 aromatic heterocycles. The molecule has 1 aromatic carbocycles. The van der Waals surface area contributed by atoms with Crippen molar-refractivity contribution in [2.75, 3.05) is 6.54 Å². The highest BCUT2D eigenvalue weighted by Crippen LogP contribution is 2.28. The van der Waals surface area contributed by atoms with Gasteiger partial charge in [0.1, 0.15) is 18.7 Å². The molecule has 3 rings (SSSR count). The summed E-state index contributed by atoms with van der Waals surface area (Å²) in [7, 11) is 0. The zero-order valence-corrected chi connectivity index (χ0v) is 16.8. The number of pyridine rings is 1. The van der Waals surface area contributed by atoms with Crippen LogP contribution in [-0.2, 0) is 20.9 Å². The van der Waals surface area contributed by atoms with Crippen LogP contribution < -0.4 is 5.32 Å². The van der Waals surface area contributed by atoms with Crippen molar-refractivity contribution in [3.8, 4) is 0 Å². The van der Waals surface area contributed by atoms with Gasteiger partial charge >= 0.3 is 12.0 Å². The van der Waals surface area contributed by atoms with E-state index in [9.17, 15) is 14.4 Å². The number of para-hydroxylation sites is 1. The van der Waals surface area contributed by atoms with Crippen LogP contribution in [0.3, 0.4) is 0 Å². The average molecular weight is 404 g/mol. The number of carbonyl (C=O) groups is 3. The standard InChI is InChI=1S/C20H22ClN3O4/c1-4-20(5-2)18(26)24(19(27)23-20)10-16(25)28-11-15-17(21)12(3)13-8-6-7-9-14(13)22-15/h6-9H,4-5,10-11H2,1-3H3,(H,23,27). The number of carbonyl (C=O) groups excluding carboxylic acids is 3. The normalized spacial score (nSPS) is 15.8. The van der Waals surface area contributed by atoms with Gasteiger partial charge in [-0.1, -0.05) is 43.6 Å². The molecule has 0 saturated carbocycles. The Morgan fingerprint density at radius 1 is 1.25 bits per heavy atom. The maximum Gasteiger partial charge on any atom is 0.326 e. The minimum absolute atomic E-state index is 0.139. The van der Waals surface area contributed by atoms with Crippen LogP contribution in [0.4, 0.5) is 4.79 Å². The quantitative estimate of drug-likeness (QED) is 0.590. The predicted molar refractivity (Wildman–Crippen MR) is 105 cm³/mol. The number of amides is 3. The molecule has 8 heteroatoms. The number of rotatable bonds is 6. The van der Waals surface area contributed by atoms with Gasteiger partial charge in [0, 0.05) is 5.39 Å². The number of halogens is 1. The molecule has 0 radical (unpaired) electrons. The molecule has 148 valence electrons. The largest absolute Gasteiger partial charge is 0.458 e. The second kappa shape index (κ2) is 7.75. The monoisotopic (exact) mass is 403 g/mol. The Kier molecular flexibility index (Phi) is 5.56. The molecule has 28 heavy (non-hydrogen) atoms. The zero-order valence-electron chi connectivity index (χ0n) is 16.0. The highest BCUT2D eigenvalue weighted by atomic mass is 35.5. The number of aryl methyl sites for hydroxylation is 1. The first-order chi connectivity index (χ1) is 13.3. The van der Waals surface area contributed by atoms with Crippen LogP contribution in [0.25, 0.3) is 10.9 Å². The van der Waals surface area contributed by atoms with Crippen molar-refractivity contribution < 1.29 is 19.1 Å². The molecule has 7 nitrogen and oxygen atoms in total. The maximum absolute atomic E-state index is 12.6. The molecular weight excluding hydrogens is 382 g/mol. The first-order valence-electron chi connectivity index (χ1n) is 9.16. The van der Waals surface area contributed by atoms with E-state index in [1.165, 1.54) is 0 Å². The minimum Gasteiger partial charge on any atom is -0.458 e. The van der Waals surface area contributed by atoms with Crippen LogP contribution in [-0.4, -0.2) is 39.9 Å². The average Bonchev–Trinajstić information content (AvgIpc) is 2.94. The number of hydrogen-bond donors (Lipinski definition) is 1. The number of nitrogens with zero attached hydrogens (tertiary/aromatic N) is 2. The van der Waals surface area contributed by atoms with Gasteiger partial charge in [-0.3, -0.25) is 14.5 Å². The molecule has 2 aromatic rings. The lowest BCUT2D eigenvalue weighted by molar-refractivity contribution is -0.149. The summed E-state index contributed by atoms with van der Waals surface area (Å²) in [6.45, 7) is 4.93. The Morgan fingerprint density at radius 3 is 2.57 bits per heavy atom. The van der Waals surface area contributed by atoms with E-state index in [4.69, 9.17) is 16.3 Å². The molecule has 2 heterocycles. The molecule has 1 saturated heterocycles. The second-order valence-corrected chi connectivity index (χ2v) is 7.16. The summed E-state index contributed by atoms with van der Waals surface area (Å²) in [5.41, 5.74) is 1.08. The van der Waals surface area contributed by atoms with Crippen molar-refractivity contribution in [1.82, 2.24) is 15.2 Å². The summed E-state index contributed by atoms with van der Waals surface area (Å²) in [4.78, 5) is 42.3.